The highest BCUT2D eigenvalue weighted by molar-refractivity contribution is 5.85. The van der Waals surface area contributed by atoms with E-state index in [1.165, 1.54) is 0 Å². The molecule has 1 aliphatic rings. The van der Waals surface area contributed by atoms with Gasteiger partial charge in [-0.3, -0.25) is 4.90 Å². The molecule has 1 aromatic heterocycles. The van der Waals surface area contributed by atoms with Gasteiger partial charge in [-0.05, 0) is 24.8 Å². The summed E-state index contributed by atoms with van der Waals surface area (Å²) in [5.74, 6) is 0.716. The van der Waals surface area contributed by atoms with Crippen LogP contribution in [0.15, 0.2) is 18.2 Å². The van der Waals surface area contributed by atoms with Crippen LogP contribution in [0.1, 0.15) is 32.9 Å². The molecule has 0 spiro atoms. The fraction of sp³-hybridized carbons (Fsp3) is 0.667. The summed E-state index contributed by atoms with van der Waals surface area (Å²) in [4.78, 5) is 6.96. The lowest BCUT2D eigenvalue weighted by atomic mass is 9.79. The third-order valence-electron chi connectivity index (χ3n) is 3.85. The SMILES string of the molecule is CCOc1cccc(CN2CCC(N)C(C)(C)C2)n1.Cl. The van der Waals surface area contributed by atoms with Crippen LogP contribution in [0.3, 0.4) is 0 Å². The number of halogens is 1. The molecule has 5 heteroatoms. The smallest absolute Gasteiger partial charge is 0.213 e. The lowest BCUT2D eigenvalue weighted by Gasteiger charge is -2.42. The number of piperidine rings is 1. The van der Waals surface area contributed by atoms with Crippen LogP contribution in [0.4, 0.5) is 0 Å². The molecular weight excluding hydrogens is 274 g/mol. The summed E-state index contributed by atoms with van der Waals surface area (Å²) < 4.78 is 5.44. The summed E-state index contributed by atoms with van der Waals surface area (Å²) in [6, 6.07) is 6.27. The summed E-state index contributed by atoms with van der Waals surface area (Å²) in [7, 11) is 0. The molecule has 1 aromatic rings. The Bertz CT molecular complexity index is 425. The highest BCUT2D eigenvalue weighted by atomic mass is 35.5. The number of aromatic nitrogens is 1. The van der Waals surface area contributed by atoms with E-state index in [-0.39, 0.29) is 17.8 Å². The summed E-state index contributed by atoms with van der Waals surface area (Å²) in [5.41, 5.74) is 7.41. The number of hydrogen-bond donors (Lipinski definition) is 1. The maximum Gasteiger partial charge on any atom is 0.213 e. The van der Waals surface area contributed by atoms with Gasteiger partial charge in [-0.25, -0.2) is 4.98 Å². The minimum atomic E-state index is 0. The van der Waals surface area contributed by atoms with E-state index in [1.54, 1.807) is 0 Å². The third kappa shape index (κ3) is 4.33. The van der Waals surface area contributed by atoms with Gasteiger partial charge in [0.1, 0.15) is 0 Å². The van der Waals surface area contributed by atoms with Gasteiger partial charge in [0.15, 0.2) is 0 Å². The largest absolute Gasteiger partial charge is 0.478 e. The molecule has 1 saturated heterocycles. The summed E-state index contributed by atoms with van der Waals surface area (Å²) in [6.07, 6.45) is 1.05. The van der Waals surface area contributed by atoms with Gasteiger partial charge in [0.05, 0.1) is 12.3 Å². The van der Waals surface area contributed by atoms with Crippen molar-refractivity contribution < 1.29 is 4.74 Å². The normalized spacial score (nSPS) is 22.1. The van der Waals surface area contributed by atoms with Crippen molar-refractivity contribution in [2.45, 2.75) is 39.8 Å². The van der Waals surface area contributed by atoms with Crippen LogP contribution in [0.2, 0.25) is 0 Å². The number of hydrogen-bond acceptors (Lipinski definition) is 4. The van der Waals surface area contributed by atoms with Crippen molar-refractivity contribution in [3.63, 3.8) is 0 Å². The number of ether oxygens (including phenoxy) is 1. The second kappa shape index (κ2) is 7.25. The molecule has 0 saturated carbocycles. The number of nitrogens with zero attached hydrogens (tertiary/aromatic N) is 2. The van der Waals surface area contributed by atoms with Crippen LogP contribution < -0.4 is 10.5 Å². The molecule has 1 aliphatic heterocycles. The molecule has 0 aromatic carbocycles. The van der Waals surface area contributed by atoms with Crippen molar-refractivity contribution in [3.05, 3.63) is 23.9 Å². The molecule has 114 valence electrons. The first-order chi connectivity index (χ1) is 9.01. The average molecular weight is 300 g/mol. The number of pyridine rings is 1. The van der Waals surface area contributed by atoms with E-state index >= 15 is 0 Å². The van der Waals surface area contributed by atoms with Gasteiger partial charge in [0.25, 0.3) is 0 Å². The molecule has 0 radical (unpaired) electrons. The molecule has 4 nitrogen and oxygen atoms in total. The van der Waals surface area contributed by atoms with E-state index in [4.69, 9.17) is 10.5 Å². The Labute approximate surface area is 128 Å². The monoisotopic (exact) mass is 299 g/mol. The van der Waals surface area contributed by atoms with Crippen molar-refractivity contribution >= 4 is 12.4 Å². The Balaban J connectivity index is 0.00000200. The van der Waals surface area contributed by atoms with Gasteiger partial charge in [0.2, 0.25) is 5.88 Å². The number of likely N-dealkylation sites (tertiary alicyclic amines) is 1. The lowest BCUT2D eigenvalue weighted by molar-refractivity contribution is 0.0887. The fourth-order valence-corrected chi connectivity index (χ4v) is 2.62. The Hall–Kier alpha value is -0.840. The minimum Gasteiger partial charge on any atom is -0.478 e. The van der Waals surface area contributed by atoms with Crippen LogP contribution in [0.5, 0.6) is 5.88 Å². The molecule has 1 fully saturated rings. The summed E-state index contributed by atoms with van der Waals surface area (Å²) in [5, 5.41) is 0. The van der Waals surface area contributed by atoms with Crippen LogP contribution in [0, 0.1) is 5.41 Å². The summed E-state index contributed by atoms with van der Waals surface area (Å²) in [6.45, 7) is 10.1. The van der Waals surface area contributed by atoms with E-state index in [1.807, 2.05) is 19.1 Å². The number of rotatable bonds is 4. The zero-order valence-electron chi connectivity index (χ0n) is 12.6. The van der Waals surface area contributed by atoms with Crippen LogP contribution in [-0.2, 0) is 6.54 Å². The van der Waals surface area contributed by atoms with Gasteiger partial charge in [-0.15, -0.1) is 12.4 Å². The van der Waals surface area contributed by atoms with Crippen molar-refractivity contribution in [2.24, 2.45) is 11.1 Å². The van der Waals surface area contributed by atoms with Crippen molar-refractivity contribution in [3.8, 4) is 5.88 Å². The van der Waals surface area contributed by atoms with Crippen LogP contribution in [-0.4, -0.2) is 35.6 Å². The molecular formula is C15H26ClN3O. The molecule has 1 unspecified atom stereocenters. The summed E-state index contributed by atoms with van der Waals surface area (Å²) >= 11 is 0. The molecule has 2 N–H and O–H groups in total. The maximum absolute atomic E-state index is 6.17. The van der Waals surface area contributed by atoms with Crippen molar-refractivity contribution in [1.29, 1.82) is 0 Å². The standard InChI is InChI=1S/C15H25N3O.ClH/c1-4-19-14-7-5-6-12(17-14)10-18-9-8-13(16)15(2,3)11-18;/h5-7,13H,4,8-11,16H2,1-3H3;1H. The first kappa shape index (κ1) is 17.2. The number of nitrogens with two attached hydrogens (primary N) is 1. The zero-order valence-corrected chi connectivity index (χ0v) is 13.4. The van der Waals surface area contributed by atoms with Crippen LogP contribution in [0.25, 0.3) is 0 Å². The zero-order chi connectivity index (χ0) is 13.9. The van der Waals surface area contributed by atoms with Gasteiger partial charge >= 0.3 is 0 Å². The van der Waals surface area contributed by atoms with Crippen molar-refractivity contribution in [1.82, 2.24) is 9.88 Å². The highest BCUT2D eigenvalue weighted by Gasteiger charge is 2.33. The van der Waals surface area contributed by atoms with Gasteiger partial charge < -0.3 is 10.5 Å². The molecule has 1 atom stereocenters. The van der Waals surface area contributed by atoms with E-state index in [0.29, 0.717) is 18.5 Å². The molecule has 0 bridgehead atoms. The molecule has 0 amide bonds. The average Bonchev–Trinajstić information content (AvgIpc) is 2.34. The first-order valence-electron chi connectivity index (χ1n) is 7.08. The Kier molecular flexibility index (Phi) is 6.24. The Morgan fingerprint density at radius 3 is 2.85 bits per heavy atom. The van der Waals surface area contributed by atoms with Crippen LogP contribution >= 0.6 is 12.4 Å². The van der Waals surface area contributed by atoms with E-state index in [2.05, 4.69) is 29.8 Å². The van der Waals surface area contributed by atoms with Crippen molar-refractivity contribution in [2.75, 3.05) is 19.7 Å². The second-order valence-corrected chi connectivity index (χ2v) is 5.99. The molecule has 20 heavy (non-hydrogen) atoms. The van der Waals surface area contributed by atoms with E-state index < -0.39 is 0 Å². The Morgan fingerprint density at radius 1 is 1.45 bits per heavy atom. The highest BCUT2D eigenvalue weighted by Crippen LogP contribution is 2.28. The lowest BCUT2D eigenvalue weighted by Crippen LogP contribution is -2.52. The molecule has 2 heterocycles. The van der Waals surface area contributed by atoms with E-state index in [0.717, 1.165) is 31.7 Å². The molecule has 2 rings (SSSR count). The topological polar surface area (TPSA) is 51.4 Å². The van der Waals surface area contributed by atoms with Gasteiger partial charge in [-0.2, -0.15) is 0 Å². The van der Waals surface area contributed by atoms with Gasteiger partial charge in [0, 0.05) is 31.7 Å². The van der Waals surface area contributed by atoms with E-state index in [9.17, 15) is 0 Å². The van der Waals surface area contributed by atoms with Gasteiger partial charge in [-0.1, -0.05) is 19.9 Å². The first-order valence-corrected chi connectivity index (χ1v) is 7.08. The third-order valence-corrected chi connectivity index (χ3v) is 3.85. The quantitative estimate of drug-likeness (QED) is 0.928. The minimum absolute atomic E-state index is 0. The Morgan fingerprint density at radius 2 is 2.20 bits per heavy atom. The maximum atomic E-state index is 6.17. The molecule has 0 aliphatic carbocycles. The fourth-order valence-electron chi connectivity index (χ4n) is 2.62. The predicted molar refractivity (Wildman–Crippen MR) is 84.3 cm³/mol. The predicted octanol–water partition coefficient (Wildman–Crippen LogP) is 2.46. The second-order valence-electron chi connectivity index (χ2n) is 5.99.